The first-order valence-corrected chi connectivity index (χ1v) is 8.55. The van der Waals surface area contributed by atoms with Gasteiger partial charge in [-0.2, -0.15) is 0 Å². The number of sulfone groups is 1. The van der Waals surface area contributed by atoms with Crippen molar-refractivity contribution in [3.05, 3.63) is 29.8 Å². The average Bonchev–Trinajstić information content (AvgIpc) is 2.34. The quantitative estimate of drug-likeness (QED) is 0.837. The lowest BCUT2D eigenvalue weighted by molar-refractivity contribution is 0.426. The summed E-state index contributed by atoms with van der Waals surface area (Å²) in [4.78, 5) is 0.457. The Hall–Kier alpha value is -0.870. The SMILES string of the molecule is CCCNC(CS(=O)(=O)c1ccccc1C)C(C)C. The van der Waals surface area contributed by atoms with Crippen LogP contribution in [0.15, 0.2) is 29.2 Å². The number of hydrogen-bond donors (Lipinski definition) is 1. The molecule has 0 aliphatic heterocycles. The predicted octanol–water partition coefficient (Wildman–Crippen LogP) is 2.79. The molecule has 0 aliphatic rings. The molecule has 19 heavy (non-hydrogen) atoms. The molecule has 108 valence electrons. The highest BCUT2D eigenvalue weighted by Gasteiger charge is 2.24. The highest BCUT2D eigenvalue weighted by molar-refractivity contribution is 7.91. The summed E-state index contributed by atoms with van der Waals surface area (Å²) in [7, 11) is -3.23. The van der Waals surface area contributed by atoms with Crippen LogP contribution in [0.1, 0.15) is 32.8 Å². The van der Waals surface area contributed by atoms with Crippen LogP contribution in [0.3, 0.4) is 0 Å². The molecule has 1 atom stereocenters. The second kappa shape index (κ2) is 7.06. The minimum absolute atomic E-state index is 0.00422. The first kappa shape index (κ1) is 16.2. The van der Waals surface area contributed by atoms with Crippen molar-refractivity contribution in [1.29, 1.82) is 0 Å². The molecule has 1 unspecified atom stereocenters. The summed E-state index contributed by atoms with van der Waals surface area (Å²) in [6.07, 6.45) is 1.01. The molecule has 0 saturated heterocycles. The smallest absolute Gasteiger partial charge is 0.180 e. The highest BCUT2D eigenvalue weighted by Crippen LogP contribution is 2.18. The second-order valence-corrected chi connectivity index (χ2v) is 7.35. The van der Waals surface area contributed by atoms with Crippen LogP contribution in [0, 0.1) is 12.8 Å². The van der Waals surface area contributed by atoms with Crippen molar-refractivity contribution in [3.8, 4) is 0 Å². The van der Waals surface area contributed by atoms with Gasteiger partial charge in [-0.1, -0.05) is 39.0 Å². The van der Waals surface area contributed by atoms with Crippen molar-refractivity contribution >= 4 is 9.84 Å². The molecule has 0 aromatic heterocycles. The maximum Gasteiger partial charge on any atom is 0.180 e. The van der Waals surface area contributed by atoms with Gasteiger partial charge in [-0.25, -0.2) is 8.42 Å². The van der Waals surface area contributed by atoms with E-state index in [1.807, 2.05) is 19.1 Å². The first-order valence-electron chi connectivity index (χ1n) is 6.90. The highest BCUT2D eigenvalue weighted by atomic mass is 32.2. The van der Waals surface area contributed by atoms with Crippen LogP contribution < -0.4 is 5.32 Å². The fraction of sp³-hybridized carbons (Fsp3) is 0.600. The van der Waals surface area contributed by atoms with E-state index in [0.29, 0.717) is 10.8 Å². The monoisotopic (exact) mass is 283 g/mol. The van der Waals surface area contributed by atoms with E-state index in [1.54, 1.807) is 12.1 Å². The summed E-state index contributed by atoms with van der Waals surface area (Å²) in [5.74, 6) is 0.459. The van der Waals surface area contributed by atoms with Crippen LogP contribution in [-0.4, -0.2) is 26.8 Å². The van der Waals surface area contributed by atoms with Crippen LogP contribution in [-0.2, 0) is 9.84 Å². The van der Waals surface area contributed by atoms with E-state index in [1.165, 1.54) is 0 Å². The molecule has 1 rings (SSSR count). The fourth-order valence-corrected chi connectivity index (χ4v) is 4.05. The van der Waals surface area contributed by atoms with Crippen molar-refractivity contribution in [2.75, 3.05) is 12.3 Å². The van der Waals surface area contributed by atoms with E-state index in [0.717, 1.165) is 18.5 Å². The third kappa shape index (κ3) is 4.62. The lowest BCUT2D eigenvalue weighted by Crippen LogP contribution is -2.40. The largest absolute Gasteiger partial charge is 0.313 e. The zero-order valence-corrected chi connectivity index (χ0v) is 13.1. The van der Waals surface area contributed by atoms with Crippen LogP contribution in [0.25, 0.3) is 0 Å². The topological polar surface area (TPSA) is 46.2 Å². The maximum absolute atomic E-state index is 12.5. The van der Waals surface area contributed by atoms with Gasteiger partial charge in [-0.15, -0.1) is 0 Å². The van der Waals surface area contributed by atoms with Gasteiger partial charge in [0.1, 0.15) is 0 Å². The predicted molar refractivity (Wildman–Crippen MR) is 80.2 cm³/mol. The zero-order valence-electron chi connectivity index (χ0n) is 12.3. The lowest BCUT2D eigenvalue weighted by atomic mass is 10.1. The molecule has 0 fully saturated rings. The Morgan fingerprint density at radius 1 is 1.21 bits per heavy atom. The van der Waals surface area contributed by atoms with E-state index in [-0.39, 0.29) is 11.8 Å². The van der Waals surface area contributed by atoms with Gasteiger partial charge in [0.25, 0.3) is 0 Å². The zero-order chi connectivity index (χ0) is 14.5. The molecule has 1 aromatic carbocycles. The van der Waals surface area contributed by atoms with Crippen molar-refractivity contribution < 1.29 is 8.42 Å². The summed E-state index contributed by atoms with van der Waals surface area (Å²) in [6.45, 7) is 8.89. The molecule has 1 aromatic rings. The Labute approximate surface area is 117 Å². The summed E-state index contributed by atoms with van der Waals surface area (Å²) in [5, 5.41) is 3.34. The van der Waals surface area contributed by atoms with Crippen molar-refractivity contribution in [2.24, 2.45) is 5.92 Å². The van der Waals surface area contributed by atoms with Crippen LogP contribution in [0.4, 0.5) is 0 Å². The average molecular weight is 283 g/mol. The third-order valence-electron chi connectivity index (χ3n) is 3.29. The standard InChI is InChI=1S/C15H25NO2S/c1-5-10-16-14(12(2)3)11-19(17,18)15-9-7-6-8-13(15)4/h6-9,12,14,16H,5,10-11H2,1-4H3. The molecule has 1 N–H and O–H groups in total. The minimum atomic E-state index is -3.23. The number of hydrogen-bond acceptors (Lipinski definition) is 3. The Bertz CT molecular complexity index is 495. The van der Waals surface area contributed by atoms with Crippen molar-refractivity contribution in [3.63, 3.8) is 0 Å². The summed E-state index contributed by atoms with van der Waals surface area (Å²) < 4.78 is 25.0. The van der Waals surface area contributed by atoms with E-state index < -0.39 is 9.84 Å². The first-order chi connectivity index (χ1) is 8.88. The normalized spacial score (nSPS) is 13.7. The Balaban J connectivity index is 2.91. The van der Waals surface area contributed by atoms with Gasteiger partial charge in [-0.3, -0.25) is 0 Å². The summed E-state index contributed by atoms with van der Waals surface area (Å²) >= 11 is 0. The molecule has 0 radical (unpaired) electrons. The minimum Gasteiger partial charge on any atom is -0.313 e. The third-order valence-corrected chi connectivity index (χ3v) is 5.22. The molecule has 4 heteroatoms. The van der Waals surface area contributed by atoms with Crippen molar-refractivity contribution in [1.82, 2.24) is 5.32 Å². The van der Waals surface area contributed by atoms with Gasteiger partial charge in [0.2, 0.25) is 0 Å². The Morgan fingerprint density at radius 3 is 2.37 bits per heavy atom. The number of nitrogens with one attached hydrogen (secondary N) is 1. The van der Waals surface area contributed by atoms with Crippen LogP contribution in [0.2, 0.25) is 0 Å². The molecule has 0 bridgehead atoms. The van der Waals surface area contributed by atoms with E-state index >= 15 is 0 Å². The molecule has 0 aliphatic carbocycles. The molecule has 0 amide bonds. The van der Waals surface area contributed by atoms with Gasteiger partial charge < -0.3 is 5.32 Å². The molecular formula is C15H25NO2S. The number of aryl methyl sites for hydroxylation is 1. The van der Waals surface area contributed by atoms with Gasteiger partial charge in [0, 0.05) is 6.04 Å². The molecule has 0 spiro atoms. The second-order valence-electron chi connectivity index (χ2n) is 5.35. The maximum atomic E-state index is 12.5. The van der Waals surface area contributed by atoms with Crippen LogP contribution in [0.5, 0.6) is 0 Å². The Morgan fingerprint density at radius 2 is 1.84 bits per heavy atom. The fourth-order valence-electron chi connectivity index (χ4n) is 2.05. The summed E-state index contributed by atoms with van der Waals surface area (Å²) in [5.41, 5.74) is 0.820. The summed E-state index contributed by atoms with van der Waals surface area (Å²) in [6, 6.07) is 7.19. The molecular weight excluding hydrogens is 258 g/mol. The molecule has 0 heterocycles. The van der Waals surface area contributed by atoms with Gasteiger partial charge in [0.05, 0.1) is 10.6 Å². The van der Waals surface area contributed by atoms with Gasteiger partial charge in [0.15, 0.2) is 9.84 Å². The van der Waals surface area contributed by atoms with E-state index in [2.05, 4.69) is 26.1 Å². The molecule has 0 saturated carbocycles. The van der Waals surface area contributed by atoms with E-state index in [4.69, 9.17) is 0 Å². The van der Waals surface area contributed by atoms with Gasteiger partial charge in [-0.05, 0) is 37.4 Å². The van der Waals surface area contributed by atoms with E-state index in [9.17, 15) is 8.42 Å². The number of rotatable bonds is 7. The number of benzene rings is 1. The molecule has 3 nitrogen and oxygen atoms in total. The van der Waals surface area contributed by atoms with Crippen molar-refractivity contribution in [2.45, 2.75) is 45.1 Å². The Kier molecular flexibility index (Phi) is 6.01. The van der Waals surface area contributed by atoms with Gasteiger partial charge >= 0.3 is 0 Å². The lowest BCUT2D eigenvalue weighted by Gasteiger charge is -2.22. The van der Waals surface area contributed by atoms with Crippen LogP contribution >= 0.6 is 0 Å².